The van der Waals surface area contributed by atoms with Crippen molar-refractivity contribution >= 4 is 11.3 Å². The van der Waals surface area contributed by atoms with Gasteiger partial charge >= 0.3 is 0 Å². The zero-order chi connectivity index (χ0) is 9.80. The van der Waals surface area contributed by atoms with E-state index < -0.39 is 0 Å². The molecule has 0 aliphatic carbocycles. The third-order valence-electron chi connectivity index (χ3n) is 2.93. The number of rotatable bonds is 3. The highest BCUT2D eigenvalue weighted by atomic mass is 32.1. The van der Waals surface area contributed by atoms with Crippen LogP contribution >= 0.6 is 11.3 Å². The van der Waals surface area contributed by atoms with Crippen molar-refractivity contribution in [3.05, 3.63) is 22.4 Å². The normalized spacial score (nSPS) is 23.9. The Morgan fingerprint density at radius 1 is 1.50 bits per heavy atom. The molecular formula is C11H17NOS. The Morgan fingerprint density at radius 3 is 3.14 bits per heavy atom. The zero-order valence-electron chi connectivity index (χ0n) is 8.35. The van der Waals surface area contributed by atoms with Crippen LogP contribution in [0.4, 0.5) is 0 Å². The molecule has 0 unspecified atom stereocenters. The minimum absolute atomic E-state index is 0.310. The van der Waals surface area contributed by atoms with Crippen LogP contribution in [0.1, 0.15) is 24.8 Å². The minimum atomic E-state index is 0.310. The smallest absolute Gasteiger partial charge is 0.0586 e. The molecular weight excluding hydrogens is 194 g/mol. The Labute approximate surface area is 89.2 Å². The van der Waals surface area contributed by atoms with Crippen LogP contribution in [0, 0.1) is 0 Å². The zero-order valence-corrected chi connectivity index (χ0v) is 9.17. The largest absolute Gasteiger partial charge is 0.395 e. The molecule has 1 aliphatic heterocycles. The second kappa shape index (κ2) is 4.91. The maximum Gasteiger partial charge on any atom is 0.0586 e. The van der Waals surface area contributed by atoms with Crippen LogP contribution in [0.15, 0.2) is 16.8 Å². The first-order chi connectivity index (χ1) is 6.90. The first kappa shape index (κ1) is 10.1. The van der Waals surface area contributed by atoms with Gasteiger partial charge < -0.3 is 5.11 Å². The Morgan fingerprint density at radius 2 is 2.43 bits per heavy atom. The molecule has 1 atom stereocenters. The van der Waals surface area contributed by atoms with Crippen molar-refractivity contribution in [1.29, 1.82) is 0 Å². The summed E-state index contributed by atoms with van der Waals surface area (Å²) >= 11 is 1.75. The van der Waals surface area contributed by atoms with Gasteiger partial charge in [0.2, 0.25) is 0 Å². The van der Waals surface area contributed by atoms with Gasteiger partial charge in [-0.05, 0) is 41.8 Å². The summed E-state index contributed by atoms with van der Waals surface area (Å²) in [6, 6.07) is 2.57. The summed E-state index contributed by atoms with van der Waals surface area (Å²) in [7, 11) is 0. The fraction of sp³-hybridized carbons (Fsp3) is 0.636. The second-order valence-corrected chi connectivity index (χ2v) is 4.71. The van der Waals surface area contributed by atoms with E-state index in [1.807, 2.05) is 0 Å². The number of hydrogen-bond donors (Lipinski definition) is 1. The van der Waals surface area contributed by atoms with Crippen molar-refractivity contribution in [3.63, 3.8) is 0 Å². The molecule has 0 amide bonds. The number of aliphatic hydroxyl groups excluding tert-OH is 1. The molecule has 2 nitrogen and oxygen atoms in total. The van der Waals surface area contributed by atoms with E-state index in [9.17, 15) is 5.11 Å². The predicted molar refractivity (Wildman–Crippen MR) is 59.5 cm³/mol. The molecule has 1 saturated heterocycles. The van der Waals surface area contributed by atoms with E-state index in [1.54, 1.807) is 11.3 Å². The highest BCUT2D eigenvalue weighted by Crippen LogP contribution is 2.20. The lowest BCUT2D eigenvalue weighted by Gasteiger charge is -2.34. The lowest BCUT2D eigenvalue weighted by Crippen LogP contribution is -2.41. The molecule has 78 valence electrons. The molecule has 0 radical (unpaired) electrons. The SMILES string of the molecule is OC[C@H]1CCCCN1Cc1ccsc1. The van der Waals surface area contributed by atoms with Crippen molar-refractivity contribution < 1.29 is 5.11 Å². The number of piperidine rings is 1. The average molecular weight is 211 g/mol. The number of hydrogen-bond acceptors (Lipinski definition) is 3. The average Bonchev–Trinajstić information content (AvgIpc) is 2.71. The van der Waals surface area contributed by atoms with Crippen LogP contribution in [0.25, 0.3) is 0 Å². The molecule has 0 bridgehead atoms. The standard InChI is InChI=1S/C11H17NOS/c13-8-11-3-1-2-5-12(11)7-10-4-6-14-9-10/h4,6,9,11,13H,1-3,5,7-8H2/t11-/m1/s1. The second-order valence-electron chi connectivity index (χ2n) is 3.93. The van der Waals surface area contributed by atoms with Gasteiger partial charge in [0.25, 0.3) is 0 Å². The van der Waals surface area contributed by atoms with E-state index in [2.05, 4.69) is 21.7 Å². The Hall–Kier alpha value is -0.380. The topological polar surface area (TPSA) is 23.5 Å². The summed E-state index contributed by atoms with van der Waals surface area (Å²) < 4.78 is 0. The highest BCUT2D eigenvalue weighted by molar-refractivity contribution is 7.07. The van der Waals surface area contributed by atoms with Crippen LogP contribution in [0.3, 0.4) is 0 Å². The molecule has 0 aromatic carbocycles. The Balaban J connectivity index is 1.94. The first-order valence-electron chi connectivity index (χ1n) is 5.26. The summed E-state index contributed by atoms with van der Waals surface area (Å²) in [5.41, 5.74) is 1.38. The molecule has 1 fully saturated rings. The maximum atomic E-state index is 9.25. The summed E-state index contributed by atoms with van der Waals surface area (Å²) in [5, 5.41) is 13.6. The van der Waals surface area contributed by atoms with Crippen LogP contribution in [-0.2, 0) is 6.54 Å². The third-order valence-corrected chi connectivity index (χ3v) is 3.66. The van der Waals surface area contributed by atoms with Gasteiger partial charge in [0.05, 0.1) is 6.61 Å². The quantitative estimate of drug-likeness (QED) is 0.827. The fourth-order valence-electron chi connectivity index (χ4n) is 2.09. The molecule has 0 saturated carbocycles. The van der Waals surface area contributed by atoms with E-state index in [0.29, 0.717) is 12.6 Å². The maximum absolute atomic E-state index is 9.25. The summed E-state index contributed by atoms with van der Waals surface area (Å²) in [4.78, 5) is 2.41. The van der Waals surface area contributed by atoms with Gasteiger partial charge in [-0.25, -0.2) is 0 Å². The molecule has 1 aromatic rings. The van der Waals surface area contributed by atoms with Gasteiger partial charge in [0.1, 0.15) is 0 Å². The molecule has 1 aliphatic rings. The van der Waals surface area contributed by atoms with Crippen LogP contribution < -0.4 is 0 Å². The van der Waals surface area contributed by atoms with Crippen molar-refractivity contribution in [3.8, 4) is 0 Å². The third kappa shape index (κ3) is 2.35. The van der Waals surface area contributed by atoms with Crippen LogP contribution in [0.2, 0.25) is 0 Å². The monoisotopic (exact) mass is 211 g/mol. The van der Waals surface area contributed by atoms with E-state index in [4.69, 9.17) is 0 Å². The van der Waals surface area contributed by atoms with Crippen molar-refractivity contribution in [1.82, 2.24) is 4.90 Å². The highest BCUT2D eigenvalue weighted by Gasteiger charge is 2.21. The molecule has 14 heavy (non-hydrogen) atoms. The minimum Gasteiger partial charge on any atom is -0.395 e. The summed E-state index contributed by atoms with van der Waals surface area (Å²) in [5.74, 6) is 0. The summed E-state index contributed by atoms with van der Waals surface area (Å²) in [6.45, 7) is 2.46. The number of likely N-dealkylation sites (tertiary alicyclic amines) is 1. The number of nitrogens with zero attached hydrogens (tertiary/aromatic N) is 1. The Bertz CT molecular complexity index is 260. The van der Waals surface area contributed by atoms with E-state index in [1.165, 1.54) is 18.4 Å². The summed E-state index contributed by atoms with van der Waals surface area (Å²) in [6.07, 6.45) is 3.70. The molecule has 2 heterocycles. The molecule has 1 N–H and O–H groups in total. The fourth-order valence-corrected chi connectivity index (χ4v) is 2.75. The van der Waals surface area contributed by atoms with E-state index in [-0.39, 0.29) is 0 Å². The molecule has 1 aromatic heterocycles. The lowest BCUT2D eigenvalue weighted by atomic mass is 10.0. The van der Waals surface area contributed by atoms with Crippen molar-refractivity contribution in [2.45, 2.75) is 31.8 Å². The first-order valence-corrected chi connectivity index (χ1v) is 6.20. The van der Waals surface area contributed by atoms with E-state index >= 15 is 0 Å². The van der Waals surface area contributed by atoms with Gasteiger partial charge in [0.15, 0.2) is 0 Å². The van der Waals surface area contributed by atoms with Gasteiger partial charge in [-0.15, -0.1) is 0 Å². The molecule has 0 spiro atoms. The predicted octanol–water partition coefficient (Wildman–Crippen LogP) is 2.09. The van der Waals surface area contributed by atoms with Crippen molar-refractivity contribution in [2.24, 2.45) is 0 Å². The van der Waals surface area contributed by atoms with Crippen molar-refractivity contribution in [2.75, 3.05) is 13.2 Å². The Kier molecular flexibility index (Phi) is 3.56. The van der Waals surface area contributed by atoms with Crippen LogP contribution in [0.5, 0.6) is 0 Å². The molecule has 2 rings (SSSR count). The van der Waals surface area contributed by atoms with E-state index in [0.717, 1.165) is 19.5 Å². The van der Waals surface area contributed by atoms with Crippen LogP contribution in [-0.4, -0.2) is 29.2 Å². The van der Waals surface area contributed by atoms with Gasteiger partial charge in [0, 0.05) is 12.6 Å². The lowest BCUT2D eigenvalue weighted by molar-refractivity contribution is 0.0842. The number of thiophene rings is 1. The van der Waals surface area contributed by atoms with Gasteiger partial charge in [-0.2, -0.15) is 11.3 Å². The molecule has 3 heteroatoms. The van der Waals surface area contributed by atoms with Gasteiger partial charge in [-0.3, -0.25) is 4.90 Å². The number of aliphatic hydroxyl groups is 1. The van der Waals surface area contributed by atoms with Gasteiger partial charge in [-0.1, -0.05) is 6.42 Å².